The smallest absolute Gasteiger partial charge is 0.367 e. The first-order valence-electron chi connectivity index (χ1n) is 3.90. The van der Waals surface area contributed by atoms with E-state index in [0.717, 1.165) is 11.3 Å². The summed E-state index contributed by atoms with van der Waals surface area (Å²) in [5.41, 5.74) is 0.301. The Labute approximate surface area is 93.4 Å². The third kappa shape index (κ3) is 2.62. The molecular formula is C8H8BrNO3S. The maximum absolute atomic E-state index is 11.2. The van der Waals surface area contributed by atoms with E-state index in [1.54, 1.807) is 12.3 Å². The molecule has 0 aromatic carbocycles. The number of ether oxygens (including phenoxy) is 1. The lowest BCUT2D eigenvalue weighted by Crippen LogP contribution is -2.06. The molecule has 0 spiro atoms. The van der Waals surface area contributed by atoms with Crippen LogP contribution >= 0.6 is 27.3 Å². The van der Waals surface area contributed by atoms with Gasteiger partial charge in [0.1, 0.15) is 5.69 Å². The highest BCUT2D eigenvalue weighted by Gasteiger charge is 2.15. The number of carbonyl (C=O) groups is 2. The summed E-state index contributed by atoms with van der Waals surface area (Å²) >= 11 is 4.14. The molecule has 76 valence electrons. The molecule has 0 aliphatic heterocycles. The number of alkyl halides is 1. The maximum atomic E-state index is 11.2. The molecule has 0 saturated heterocycles. The van der Waals surface area contributed by atoms with Crippen LogP contribution in [0.3, 0.4) is 0 Å². The molecule has 0 atom stereocenters. The highest BCUT2D eigenvalue weighted by Crippen LogP contribution is 2.12. The van der Waals surface area contributed by atoms with Crippen molar-refractivity contribution in [2.45, 2.75) is 6.92 Å². The molecule has 0 aliphatic rings. The van der Waals surface area contributed by atoms with Crippen molar-refractivity contribution >= 4 is 39.0 Å². The first-order valence-corrected chi connectivity index (χ1v) is 5.91. The van der Waals surface area contributed by atoms with Crippen molar-refractivity contribution in [2.24, 2.45) is 0 Å². The number of hydrogen-bond acceptors (Lipinski definition) is 5. The van der Waals surface area contributed by atoms with Crippen molar-refractivity contribution in [3.8, 4) is 0 Å². The molecular weight excluding hydrogens is 270 g/mol. The number of thiazole rings is 1. The van der Waals surface area contributed by atoms with Crippen LogP contribution in [0.2, 0.25) is 0 Å². The maximum Gasteiger partial charge on any atom is 0.367 e. The zero-order chi connectivity index (χ0) is 10.6. The van der Waals surface area contributed by atoms with Gasteiger partial charge >= 0.3 is 5.97 Å². The van der Waals surface area contributed by atoms with Gasteiger partial charge in [0.2, 0.25) is 5.01 Å². The molecule has 0 N–H and O–H groups in total. The number of esters is 1. The molecule has 1 aromatic rings. The minimum Gasteiger partial charge on any atom is -0.461 e. The van der Waals surface area contributed by atoms with E-state index < -0.39 is 5.97 Å². The Hall–Kier alpha value is -0.750. The molecule has 0 saturated carbocycles. The molecule has 0 bridgehead atoms. The van der Waals surface area contributed by atoms with E-state index in [-0.39, 0.29) is 16.1 Å². The van der Waals surface area contributed by atoms with Gasteiger partial charge in [-0.25, -0.2) is 9.78 Å². The standard InChI is InChI=1S/C8H8BrNO3S/c1-2-13-8(12)7-10-5(4-14-7)6(11)3-9/h4H,2-3H2,1H3. The lowest BCUT2D eigenvalue weighted by molar-refractivity contribution is 0.0526. The summed E-state index contributed by atoms with van der Waals surface area (Å²) in [5.74, 6) is -0.622. The molecule has 1 rings (SSSR count). The average Bonchev–Trinajstić information content (AvgIpc) is 2.66. The summed E-state index contributed by atoms with van der Waals surface area (Å²) < 4.78 is 4.74. The van der Waals surface area contributed by atoms with Gasteiger partial charge in [-0.05, 0) is 6.92 Å². The van der Waals surface area contributed by atoms with E-state index in [9.17, 15) is 9.59 Å². The highest BCUT2D eigenvalue weighted by molar-refractivity contribution is 9.09. The Morgan fingerprint density at radius 2 is 2.36 bits per heavy atom. The van der Waals surface area contributed by atoms with Crippen molar-refractivity contribution in [1.82, 2.24) is 4.98 Å². The van der Waals surface area contributed by atoms with Gasteiger partial charge in [-0.15, -0.1) is 11.3 Å². The SMILES string of the molecule is CCOC(=O)c1nc(C(=O)CBr)cs1. The zero-order valence-electron chi connectivity index (χ0n) is 7.45. The van der Waals surface area contributed by atoms with Crippen LogP contribution in [-0.2, 0) is 4.74 Å². The third-order valence-electron chi connectivity index (χ3n) is 1.36. The molecule has 4 nitrogen and oxygen atoms in total. The van der Waals surface area contributed by atoms with Gasteiger partial charge in [-0.1, -0.05) is 15.9 Å². The van der Waals surface area contributed by atoms with Gasteiger partial charge in [0, 0.05) is 5.38 Å². The van der Waals surface area contributed by atoms with E-state index in [1.807, 2.05) is 0 Å². The highest BCUT2D eigenvalue weighted by atomic mass is 79.9. The fourth-order valence-corrected chi connectivity index (χ4v) is 1.76. The van der Waals surface area contributed by atoms with Crippen LogP contribution in [0.15, 0.2) is 5.38 Å². The van der Waals surface area contributed by atoms with Gasteiger partial charge in [-0.3, -0.25) is 4.79 Å². The minimum absolute atomic E-state index is 0.142. The number of hydrogen-bond donors (Lipinski definition) is 0. The largest absolute Gasteiger partial charge is 0.461 e. The topological polar surface area (TPSA) is 56.3 Å². The van der Waals surface area contributed by atoms with E-state index in [2.05, 4.69) is 20.9 Å². The minimum atomic E-state index is -0.480. The van der Waals surface area contributed by atoms with E-state index in [0.29, 0.717) is 12.3 Å². The fraction of sp³-hybridized carbons (Fsp3) is 0.375. The van der Waals surface area contributed by atoms with Crippen molar-refractivity contribution < 1.29 is 14.3 Å². The summed E-state index contributed by atoms with van der Waals surface area (Å²) in [5, 5.41) is 1.98. The predicted octanol–water partition coefficient (Wildman–Crippen LogP) is 1.90. The van der Waals surface area contributed by atoms with Crippen molar-refractivity contribution in [2.75, 3.05) is 11.9 Å². The number of halogens is 1. The molecule has 0 fully saturated rings. The van der Waals surface area contributed by atoms with Crippen molar-refractivity contribution in [3.63, 3.8) is 0 Å². The van der Waals surface area contributed by atoms with Gasteiger partial charge in [0.15, 0.2) is 5.78 Å². The van der Waals surface area contributed by atoms with Crippen LogP contribution in [0.1, 0.15) is 27.2 Å². The Balaban J connectivity index is 2.77. The van der Waals surface area contributed by atoms with Crippen LogP contribution in [-0.4, -0.2) is 28.7 Å². The van der Waals surface area contributed by atoms with Gasteiger partial charge in [0.05, 0.1) is 11.9 Å². The first kappa shape index (κ1) is 11.3. The Morgan fingerprint density at radius 1 is 1.64 bits per heavy atom. The summed E-state index contributed by atoms with van der Waals surface area (Å²) in [6.07, 6.45) is 0. The van der Waals surface area contributed by atoms with E-state index >= 15 is 0 Å². The lowest BCUT2D eigenvalue weighted by atomic mass is 10.3. The number of nitrogens with zero attached hydrogens (tertiary/aromatic N) is 1. The normalized spacial score (nSPS) is 9.86. The van der Waals surface area contributed by atoms with Crippen molar-refractivity contribution in [3.05, 3.63) is 16.1 Å². The molecule has 0 unspecified atom stereocenters. The second-order valence-corrected chi connectivity index (χ2v) is 3.73. The second-order valence-electron chi connectivity index (χ2n) is 2.32. The molecule has 1 heterocycles. The zero-order valence-corrected chi connectivity index (χ0v) is 9.85. The molecule has 14 heavy (non-hydrogen) atoms. The number of carbonyl (C=O) groups excluding carboxylic acids is 2. The van der Waals surface area contributed by atoms with Gasteiger partial charge in [0.25, 0.3) is 0 Å². The predicted molar refractivity (Wildman–Crippen MR) is 56.2 cm³/mol. The number of Topliss-reactive ketones (excluding diaryl/α,β-unsaturated/α-hetero) is 1. The monoisotopic (exact) mass is 277 g/mol. The average molecular weight is 278 g/mol. The third-order valence-corrected chi connectivity index (χ3v) is 2.69. The summed E-state index contributed by atoms with van der Waals surface area (Å²) in [6, 6.07) is 0. The summed E-state index contributed by atoms with van der Waals surface area (Å²) in [6.45, 7) is 2.02. The second kappa shape index (κ2) is 5.21. The van der Waals surface area contributed by atoms with Gasteiger partial charge < -0.3 is 4.74 Å². The quantitative estimate of drug-likeness (QED) is 0.479. The van der Waals surface area contributed by atoms with Crippen molar-refractivity contribution in [1.29, 1.82) is 0 Å². The Kier molecular flexibility index (Phi) is 4.21. The summed E-state index contributed by atoms with van der Waals surface area (Å²) in [7, 11) is 0. The first-order chi connectivity index (χ1) is 6.69. The number of aromatic nitrogens is 1. The Morgan fingerprint density at radius 3 is 2.93 bits per heavy atom. The lowest BCUT2D eigenvalue weighted by Gasteiger charge is -1.95. The van der Waals surface area contributed by atoms with Crippen LogP contribution in [0.5, 0.6) is 0 Å². The van der Waals surface area contributed by atoms with Crippen LogP contribution < -0.4 is 0 Å². The fourth-order valence-electron chi connectivity index (χ4n) is 0.757. The molecule has 0 amide bonds. The van der Waals surface area contributed by atoms with Crippen LogP contribution in [0, 0.1) is 0 Å². The molecule has 0 aliphatic carbocycles. The van der Waals surface area contributed by atoms with E-state index in [1.165, 1.54) is 0 Å². The molecule has 0 radical (unpaired) electrons. The number of ketones is 1. The van der Waals surface area contributed by atoms with Gasteiger partial charge in [-0.2, -0.15) is 0 Å². The number of rotatable bonds is 4. The van der Waals surface area contributed by atoms with Crippen LogP contribution in [0.25, 0.3) is 0 Å². The molecule has 6 heteroatoms. The molecule has 1 aromatic heterocycles. The Bertz CT molecular complexity index is 350. The van der Waals surface area contributed by atoms with Crippen LogP contribution in [0.4, 0.5) is 0 Å². The van der Waals surface area contributed by atoms with E-state index in [4.69, 9.17) is 4.74 Å². The summed E-state index contributed by atoms with van der Waals surface area (Å²) in [4.78, 5) is 26.2.